The lowest BCUT2D eigenvalue weighted by atomic mass is 9.46. The summed E-state index contributed by atoms with van der Waals surface area (Å²) in [6, 6.07) is 0.452. The number of aliphatic hydroxyl groups is 3. The van der Waals surface area contributed by atoms with E-state index in [9.17, 15) is 15.3 Å². The van der Waals surface area contributed by atoms with Crippen LogP contribution in [0, 0.1) is 57.2 Å². The number of rotatable bonds is 0. The van der Waals surface area contributed by atoms with Crippen molar-refractivity contribution in [3.05, 3.63) is 47.0 Å². The predicted molar refractivity (Wildman–Crippen MR) is 173 cm³/mol. The van der Waals surface area contributed by atoms with E-state index in [4.69, 9.17) is 11.5 Å². The van der Waals surface area contributed by atoms with E-state index in [1.807, 2.05) is 6.08 Å². The molecule has 0 aromatic carbocycles. The molecule has 5 nitrogen and oxygen atoms in total. The van der Waals surface area contributed by atoms with Gasteiger partial charge in [0.05, 0.1) is 17.6 Å². The van der Waals surface area contributed by atoms with Crippen molar-refractivity contribution in [1.29, 1.82) is 0 Å². The minimum Gasteiger partial charge on any atom is -0.512 e. The van der Waals surface area contributed by atoms with Gasteiger partial charge in [-0.15, -0.1) is 0 Å². The van der Waals surface area contributed by atoms with Gasteiger partial charge >= 0.3 is 0 Å². The lowest BCUT2D eigenvalue weighted by Crippen LogP contribution is -2.55. The molecule has 4 fully saturated rings. The van der Waals surface area contributed by atoms with Gasteiger partial charge in [-0.2, -0.15) is 0 Å². The first-order chi connectivity index (χ1) is 20.3. The maximum Gasteiger partial charge on any atom is 0.0944 e. The van der Waals surface area contributed by atoms with Gasteiger partial charge in [-0.3, -0.25) is 0 Å². The molecule has 0 saturated heterocycles. The zero-order chi connectivity index (χ0) is 30.5. The van der Waals surface area contributed by atoms with E-state index in [2.05, 4.69) is 45.9 Å². The smallest absolute Gasteiger partial charge is 0.0944 e. The summed E-state index contributed by atoms with van der Waals surface area (Å²) in [6.07, 6.45) is 23.0. The average molecular weight is 591 g/mol. The Morgan fingerprint density at radius 3 is 1.79 bits per heavy atom. The molecule has 43 heavy (non-hydrogen) atoms. The van der Waals surface area contributed by atoms with E-state index in [-0.39, 0.29) is 34.4 Å². The van der Waals surface area contributed by atoms with Crippen LogP contribution in [0.5, 0.6) is 0 Å². The Hall–Kier alpha value is -1.56. The van der Waals surface area contributed by atoms with Crippen molar-refractivity contribution in [2.45, 2.75) is 129 Å². The third-order valence-electron chi connectivity index (χ3n) is 15.4. The minimum atomic E-state index is -0.279. The molecule has 0 radical (unpaired) electrons. The van der Waals surface area contributed by atoms with Crippen LogP contribution in [-0.4, -0.2) is 33.5 Å². The second-order valence-electron chi connectivity index (χ2n) is 17.2. The molecule has 0 unspecified atom stereocenters. The highest BCUT2D eigenvalue weighted by Gasteiger charge is 2.60. The standard InChI is InChI=1S/C19H29NO2.C19H29NO/c1-18-7-5-12(20)9-11(18)10-15(21)17-13-3-4-16(22)19(13,2)8-6-14(17)18;1-18-9-7-13(20)11-12(18)3-4-14-15-5-6-17(21)19(15,2)10-8-16(14)18/h4,9,12-15,17,21-22H,3,5-8,10,20H2,1-2H3;6,11,13-16,21H,3-5,7-10,20H2,1-2H3/t12-,13-,14-,15-,17-,18-,19-;13-,14-,15-,16-,18-,19-/m00/s1. The highest BCUT2D eigenvalue weighted by Crippen LogP contribution is 2.66. The Bertz CT molecular complexity index is 1270. The number of nitrogens with two attached hydrogens (primary N) is 2. The van der Waals surface area contributed by atoms with E-state index in [1.165, 1.54) is 31.3 Å². The molecule has 0 aromatic rings. The number of hydrogen-bond acceptors (Lipinski definition) is 5. The third-order valence-corrected chi connectivity index (χ3v) is 15.4. The van der Waals surface area contributed by atoms with Gasteiger partial charge < -0.3 is 26.8 Å². The number of hydrogen-bond donors (Lipinski definition) is 5. The van der Waals surface area contributed by atoms with Gasteiger partial charge in [0.1, 0.15) is 0 Å². The molecule has 0 bridgehead atoms. The fourth-order valence-corrected chi connectivity index (χ4v) is 12.6. The number of aliphatic hydroxyl groups excluding tert-OH is 3. The van der Waals surface area contributed by atoms with Gasteiger partial charge in [0, 0.05) is 22.9 Å². The van der Waals surface area contributed by atoms with Crippen LogP contribution in [0.2, 0.25) is 0 Å². The highest BCUT2D eigenvalue weighted by atomic mass is 16.3. The third kappa shape index (κ3) is 4.33. The molecular weight excluding hydrogens is 532 g/mol. The molecule has 7 N–H and O–H groups in total. The van der Waals surface area contributed by atoms with E-state index in [0.717, 1.165) is 69.6 Å². The summed E-state index contributed by atoms with van der Waals surface area (Å²) in [5.41, 5.74) is 15.9. The molecule has 8 aliphatic carbocycles. The van der Waals surface area contributed by atoms with Crippen LogP contribution in [0.15, 0.2) is 47.0 Å². The molecule has 0 heterocycles. The van der Waals surface area contributed by atoms with Crippen molar-refractivity contribution in [3.8, 4) is 0 Å². The zero-order valence-electron chi connectivity index (χ0n) is 27.2. The first-order valence-electron chi connectivity index (χ1n) is 17.7. The van der Waals surface area contributed by atoms with Crippen molar-refractivity contribution in [3.63, 3.8) is 0 Å². The van der Waals surface area contributed by atoms with E-state index < -0.39 is 0 Å². The topological polar surface area (TPSA) is 113 Å². The van der Waals surface area contributed by atoms with E-state index in [0.29, 0.717) is 40.6 Å². The van der Waals surface area contributed by atoms with Crippen molar-refractivity contribution >= 4 is 0 Å². The second kappa shape index (κ2) is 10.2. The second-order valence-corrected chi connectivity index (χ2v) is 17.2. The number of fused-ring (bicyclic) bond motifs is 10. The SMILES string of the molecule is C[C@]12CC[C@H](N)C=C1CC[C@@H]1[C@@H]2CC[C@]2(C)C(O)=CC[C@@H]12.C[C@]12CC[C@H](N)C=C1C[C@H](O)[C@@H]1[C@@H]2CC[C@]2(C)C(O)=CC[C@@H]12. The molecule has 238 valence electrons. The normalized spacial score (nSPS) is 53.1. The summed E-state index contributed by atoms with van der Waals surface area (Å²) in [4.78, 5) is 0. The first kappa shape index (κ1) is 30.1. The molecular formula is C38H58N2O3. The summed E-state index contributed by atoms with van der Waals surface area (Å²) in [7, 11) is 0. The maximum absolute atomic E-state index is 10.9. The van der Waals surface area contributed by atoms with Crippen LogP contribution in [-0.2, 0) is 0 Å². The van der Waals surface area contributed by atoms with Crippen LogP contribution in [0.3, 0.4) is 0 Å². The van der Waals surface area contributed by atoms with Crippen molar-refractivity contribution in [2.75, 3.05) is 0 Å². The highest BCUT2D eigenvalue weighted by molar-refractivity contribution is 5.30. The molecule has 8 aliphatic rings. The predicted octanol–water partition coefficient (Wildman–Crippen LogP) is 7.63. The molecule has 0 aromatic heterocycles. The van der Waals surface area contributed by atoms with E-state index in [1.54, 1.807) is 5.57 Å². The Morgan fingerprint density at radius 2 is 1.14 bits per heavy atom. The van der Waals surface area contributed by atoms with Crippen LogP contribution in [0.1, 0.15) is 111 Å². The summed E-state index contributed by atoms with van der Waals surface area (Å²) in [6.45, 7) is 9.41. The summed E-state index contributed by atoms with van der Waals surface area (Å²) < 4.78 is 0. The molecule has 0 spiro atoms. The molecule has 0 amide bonds. The molecule has 4 saturated carbocycles. The fraction of sp³-hybridized carbons (Fsp3) is 0.789. The Kier molecular flexibility index (Phi) is 7.16. The quantitative estimate of drug-likeness (QED) is 0.186. The minimum absolute atomic E-state index is 0.0732. The van der Waals surface area contributed by atoms with Crippen LogP contribution < -0.4 is 11.5 Å². The molecule has 0 aliphatic heterocycles. The van der Waals surface area contributed by atoms with Crippen LogP contribution >= 0.6 is 0 Å². The fourth-order valence-electron chi connectivity index (χ4n) is 12.6. The molecule has 5 heteroatoms. The van der Waals surface area contributed by atoms with Gasteiger partial charge in [-0.1, -0.05) is 51.0 Å². The summed E-state index contributed by atoms with van der Waals surface area (Å²) in [5.74, 6) is 4.77. The Morgan fingerprint density at radius 1 is 0.628 bits per heavy atom. The number of allylic oxidation sites excluding steroid dienone is 5. The monoisotopic (exact) mass is 590 g/mol. The van der Waals surface area contributed by atoms with E-state index >= 15 is 0 Å². The van der Waals surface area contributed by atoms with Crippen LogP contribution in [0.4, 0.5) is 0 Å². The van der Waals surface area contributed by atoms with Crippen molar-refractivity contribution in [2.24, 2.45) is 68.6 Å². The summed E-state index contributed by atoms with van der Waals surface area (Å²) in [5, 5.41) is 31.6. The molecule has 13 atom stereocenters. The zero-order valence-corrected chi connectivity index (χ0v) is 27.2. The van der Waals surface area contributed by atoms with Gasteiger partial charge in [-0.25, -0.2) is 0 Å². The average Bonchev–Trinajstić information content (AvgIpc) is 3.45. The molecule has 8 rings (SSSR count). The van der Waals surface area contributed by atoms with Crippen LogP contribution in [0.25, 0.3) is 0 Å². The lowest BCUT2D eigenvalue weighted by molar-refractivity contribution is -0.101. The van der Waals surface area contributed by atoms with Gasteiger partial charge in [0.15, 0.2) is 0 Å². The van der Waals surface area contributed by atoms with Crippen molar-refractivity contribution < 1.29 is 15.3 Å². The van der Waals surface area contributed by atoms with Gasteiger partial charge in [0.25, 0.3) is 0 Å². The van der Waals surface area contributed by atoms with Crippen molar-refractivity contribution in [1.82, 2.24) is 0 Å². The Balaban J connectivity index is 0.000000140. The first-order valence-corrected chi connectivity index (χ1v) is 17.7. The Labute approximate surface area is 260 Å². The lowest BCUT2D eigenvalue weighted by Gasteiger charge is -2.59. The van der Waals surface area contributed by atoms with Gasteiger partial charge in [0.2, 0.25) is 0 Å². The maximum atomic E-state index is 10.9. The van der Waals surface area contributed by atoms with Gasteiger partial charge in [-0.05, 0) is 142 Å². The largest absolute Gasteiger partial charge is 0.512 e. The summed E-state index contributed by atoms with van der Waals surface area (Å²) >= 11 is 0.